The van der Waals surface area contributed by atoms with Crippen molar-refractivity contribution in [3.8, 4) is 16.9 Å². The highest BCUT2D eigenvalue weighted by molar-refractivity contribution is 7.99. The standard InChI is InChI=1S/C24H22N2O3S/c1-29-21-13-11-20(12-14-21)25-23(27)22-15-30-16-26(22)24(28)19-9-7-18(8-10-19)17-5-3-2-4-6-17/h2-14,22H,15-16H2,1H3,(H,25,27). The molecule has 1 fully saturated rings. The monoisotopic (exact) mass is 418 g/mol. The zero-order chi connectivity index (χ0) is 20.9. The van der Waals surface area contributed by atoms with Gasteiger partial charge in [0.05, 0.1) is 13.0 Å². The molecule has 0 bridgehead atoms. The van der Waals surface area contributed by atoms with Gasteiger partial charge in [-0.1, -0.05) is 42.5 Å². The van der Waals surface area contributed by atoms with Gasteiger partial charge >= 0.3 is 0 Å². The van der Waals surface area contributed by atoms with Gasteiger partial charge in [-0.05, 0) is 47.5 Å². The van der Waals surface area contributed by atoms with E-state index in [0.29, 0.717) is 22.9 Å². The number of ether oxygens (including phenoxy) is 1. The number of carbonyl (C=O) groups is 2. The summed E-state index contributed by atoms with van der Waals surface area (Å²) < 4.78 is 5.14. The van der Waals surface area contributed by atoms with Gasteiger partial charge in [0.15, 0.2) is 0 Å². The molecule has 1 atom stereocenters. The van der Waals surface area contributed by atoms with Gasteiger partial charge in [-0.2, -0.15) is 0 Å². The zero-order valence-corrected chi connectivity index (χ0v) is 17.4. The molecule has 4 rings (SSSR count). The van der Waals surface area contributed by atoms with E-state index in [1.165, 1.54) is 0 Å². The summed E-state index contributed by atoms with van der Waals surface area (Å²) in [6.45, 7) is 0. The number of thioether (sulfide) groups is 1. The van der Waals surface area contributed by atoms with Gasteiger partial charge in [0.1, 0.15) is 11.8 Å². The van der Waals surface area contributed by atoms with Crippen LogP contribution >= 0.6 is 11.8 Å². The number of anilines is 1. The van der Waals surface area contributed by atoms with Crippen LogP contribution in [0.3, 0.4) is 0 Å². The van der Waals surface area contributed by atoms with Gasteiger partial charge in [0.2, 0.25) is 5.91 Å². The van der Waals surface area contributed by atoms with Crippen molar-refractivity contribution in [2.24, 2.45) is 0 Å². The normalized spacial score (nSPS) is 15.6. The number of hydrogen-bond acceptors (Lipinski definition) is 4. The lowest BCUT2D eigenvalue weighted by molar-refractivity contribution is -0.119. The molecule has 1 aliphatic heterocycles. The van der Waals surface area contributed by atoms with Crippen molar-refractivity contribution in [2.45, 2.75) is 6.04 Å². The molecule has 0 aromatic heterocycles. The molecule has 1 aliphatic rings. The number of rotatable bonds is 5. The number of methoxy groups -OCH3 is 1. The number of nitrogens with one attached hydrogen (secondary N) is 1. The molecule has 3 aromatic carbocycles. The van der Waals surface area contributed by atoms with E-state index in [9.17, 15) is 9.59 Å². The third-order valence-corrected chi connectivity index (χ3v) is 6.05. The van der Waals surface area contributed by atoms with Crippen molar-refractivity contribution in [1.82, 2.24) is 4.90 Å². The fourth-order valence-electron chi connectivity index (χ4n) is 3.36. The number of hydrogen-bond donors (Lipinski definition) is 1. The van der Waals surface area contributed by atoms with Gasteiger partial charge in [0.25, 0.3) is 5.91 Å². The summed E-state index contributed by atoms with van der Waals surface area (Å²) in [6.07, 6.45) is 0. The minimum absolute atomic E-state index is 0.130. The average Bonchev–Trinajstić information content (AvgIpc) is 3.30. The highest BCUT2D eigenvalue weighted by atomic mass is 32.2. The fraction of sp³-hybridized carbons (Fsp3) is 0.167. The summed E-state index contributed by atoms with van der Waals surface area (Å²) >= 11 is 1.58. The van der Waals surface area contributed by atoms with Crippen molar-refractivity contribution < 1.29 is 14.3 Å². The van der Waals surface area contributed by atoms with Crippen molar-refractivity contribution in [2.75, 3.05) is 24.1 Å². The first kappa shape index (κ1) is 20.0. The van der Waals surface area contributed by atoms with E-state index >= 15 is 0 Å². The minimum Gasteiger partial charge on any atom is -0.497 e. The molecule has 152 valence electrons. The van der Waals surface area contributed by atoms with Crippen LogP contribution < -0.4 is 10.1 Å². The van der Waals surface area contributed by atoms with E-state index in [1.807, 2.05) is 54.6 Å². The lowest BCUT2D eigenvalue weighted by atomic mass is 10.0. The first-order valence-corrected chi connectivity index (χ1v) is 10.8. The molecule has 5 nitrogen and oxygen atoms in total. The molecule has 6 heteroatoms. The summed E-state index contributed by atoms with van der Waals surface area (Å²) in [5.41, 5.74) is 3.42. The second-order valence-corrected chi connectivity index (χ2v) is 7.95. The van der Waals surface area contributed by atoms with Gasteiger partial charge in [-0.3, -0.25) is 9.59 Å². The Hall–Kier alpha value is -3.25. The average molecular weight is 419 g/mol. The molecule has 1 saturated heterocycles. The maximum atomic E-state index is 13.1. The van der Waals surface area contributed by atoms with Crippen molar-refractivity contribution in [3.05, 3.63) is 84.4 Å². The second kappa shape index (κ2) is 9.05. The summed E-state index contributed by atoms with van der Waals surface area (Å²) in [5.74, 6) is 1.49. The van der Waals surface area contributed by atoms with E-state index < -0.39 is 6.04 Å². The first-order valence-electron chi connectivity index (χ1n) is 9.65. The first-order chi connectivity index (χ1) is 14.7. The van der Waals surface area contributed by atoms with Crippen LogP contribution in [-0.2, 0) is 4.79 Å². The second-order valence-electron chi connectivity index (χ2n) is 6.95. The molecule has 3 aromatic rings. The van der Waals surface area contributed by atoms with E-state index in [2.05, 4.69) is 5.32 Å². The van der Waals surface area contributed by atoms with Crippen LogP contribution in [0.2, 0.25) is 0 Å². The SMILES string of the molecule is COc1ccc(NC(=O)C2CSCN2C(=O)c2ccc(-c3ccccc3)cc2)cc1. The van der Waals surface area contributed by atoms with Crippen LogP contribution in [0.15, 0.2) is 78.9 Å². The molecule has 0 spiro atoms. The summed E-state index contributed by atoms with van der Waals surface area (Å²) in [4.78, 5) is 27.5. The molecular weight excluding hydrogens is 396 g/mol. The number of benzene rings is 3. The van der Waals surface area contributed by atoms with Crippen molar-refractivity contribution in [3.63, 3.8) is 0 Å². The molecule has 1 N–H and O–H groups in total. The third kappa shape index (κ3) is 4.33. The minimum atomic E-state index is -0.501. The predicted octanol–water partition coefficient (Wildman–Crippen LogP) is 4.52. The van der Waals surface area contributed by atoms with Gasteiger partial charge < -0.3 is 15.0 Å². The molecule has 0 aliphatic carbocycles. The van der Waals surface area contributed by atoms with Gasteiger partial charge in [0, 0.05) is 17.0 Å². The lowest BCUT2D eigenvalue weighted by Gasteiger charge is -2.23. The Balaban J connectivity index is 1.45. The Kier molecular flexibility index (Phi) is 6.05. The van der Waals surface area contributed by atoms with E-state index in [1.54, 1.807) is 48.0 Å². The maximum Gasteiger partial charge on any atom is 0.255 e. The quantitative estimate of drug-likeness (QED) is 0.662. The number of amides is 2. The topological polar surface area (TPSA) is 58.6 Å². The molecular formula is C24H22N2O3S. The Morgan fingerprint density at radius 1 is 0.933 bits per heavy atom. The van der Waals surface area contributed by atoms with Gasteiger partial charge in [-0.15, -0.1) is 11.8 Å². The van der Waals surface area contributed by atoms with Crippen LogP contribution in [0, 0.1) is 0 Å². The maximum absolute atomic E-state index is 13.1. The van der Waals surface area contributed by atoms with Crippen molar-refractivity contribution >= 4 is 29.3 Å². The van der Waals surface area contributed by atoms with Crippen molar-refractivity contribution in [1.29, 1.82) is 0 Å². The Morgan fingerprint density at radius 2 is 1.60 bits per heavy atom. The Bertz CT molecular complexity index is 1020. The summed E-state index contributed by atoms with van der Waals surface area (Å²) in [6, 6.07) is 24.2. The fourth-order valence-corrected chi connectivity index (χ4v) is 4.52. The molecule has 0 radical (unpaired) electrons. The van der Waals surface area contributed by atoms with Crippen LogP contribution in [0.1, 0.15) is 10.4 Å². The molecule has 1 unspecified atom stereocenters. The Morgan fingerprint density at radius 3 is 2.27 bits per heavy atom. The van der Waals surface area contributed by atoms with Crippen LogP contribution in [0.25, 0.3) is 11.1 Å². The number of carbonyl (C=O) groups excluding carboxylic acids is 2. The highest BCUT2D eigenvalue weighted by Crippen LogP contribution is 2.26. The number of nitrogens with zero attached hydrogens (tertiary/aromatic N) is 1. The third-order valence-electron chi connectivity index (χ3n) is 5.04. The van der Waals surface area contributed by atoms with Crippen LogP contribution in [-0.4, -0.2) is 41.5 Å². The lowest BCUT2D eigenvalue weighted by Crippen LogP contribution is -2.44. The Labute approximate surface area is 180 Å². The molecule has 1 heterocycles. The van der Waals surface area contributed by atoms with Gasteiger partial charge in [-0.25, -0.2) is 0 Å². The summed E-state index contributed by atoms with van der Waals surface area (Å²) in [5, 5.41) is 2.90. The van der Waals surface area contributed by atoms with E-state index in [0.717, 1.165) is 16.9 Å². The highest BCUT2D eigenvalue weighted by Gasteiger charge is 2.35. The molecule has 2 amide bonds. The predicted molar refractivity (Wildman–Crippen MR) is 121 cm³/mol. The van der Waals surface area contributed by atoms with E-state index in [4.69, 9.17) is 4.74 Å². The smallest absolute Gasteiger partial charge is 0.255 e. The van der Waals surface area contributed by atoms with Crippen LogP contribution in [0.4, 0.5) is 5.69 Å². The summed E-state index contributed by atoms with van der Waals surface area (Å²) in [7, 11) is 1.60. The largest absolute Gasteiger partial charge is 0.497 e. The molecule has 30 heavy (non-hydrogen) atoms. The zero-order valence-electron chi connectivity index (χ0n) is 16.6. The van der Waals surface area contributed by atoms with Crippen LogP contribution in [0.5, 0.6) is 5.75 Å². The molecule has 0 saturated carbocycles. The van der Waals surface area contributed by atoms with E-state index in [-0.39, 0.29) is 11.8 Å².